The zero-order valence-corrected chi connectivity index (χ0v) is 46.6. The van der Waals surface area contributed by atoms with Gasteiger partial charge >= 0.3 is 80.5 Å². The molecule has 0 aliphatic rings. The second-order valence-corrected chi connectivity index (χ2v) is 25.7. The Bertz CT molecular complexity index is 743. The number of rotatable bonds is 23. The quantitative estimate of drug-likeness (QED) is 0.0753. The van der Waals surface area contributed by atoms with Gasteiger partial charge in [0.15, 0.2) is 0 Å². The maximum absolute atomic E-state index is 10.0. The van der Waals surface area contributed by atoms with Crippen molar-refractivity contribution >= 4 is 47.3 Å². The molecular weight excluding hydrogens is 882 g/mol. The van der Waals surface area contributed by atoms with Crippen molar-refractivity contribution in [3.63, 3.8) is 0 Å². The Morgan fingerprint density at radius 2 is 0.679 bits per heavy atom. The van der Waals surface area contributed by atoms with Gasteiger partial charge in [0.2, 0.25) is 0 Å². The number of carboxylic acids is 3. The van der Waals surface area contributed by atoms with Crippen LogP contribution in [-0.2, 0) is 14.4 Å². The van der Waals surface area contributed by atoms with E-state index in [2.05, 4.69) is 118 Å². The van der Waals surface area contributed by atoms with Crippen molar-refractivity contribution in [2.45, 2.75) is 240 Å². The number of unbranched alkanes of at least 4 members (excludes halogenated alkanes) is 6. The van der Waals surface area contributed by atoms with E-state index in [1.165, 1.54) is 29.8 Å². The molecule has 331 valence electrons. The third-order valence-electron chi connectivity index (χ3n) is 8.41. The van der Waals surface area contributed by atoms with E-state index >= 15 is 0 Å². The molecule has 0 fully saturated rings. The Morgan fingerprint density at radius 1 is 0.464 bits per heavy atom. The molecule has 0 aromatic heterocycles. The molecule has 0 heterocycles. The number of halogens is 1. The van der Waals surface area contributed by atoms with Crippen molar-refractivity contribution in [2.24, 2.45) is 34.0 Å². The van der Waals surface area contributed by atoms with E-state index in [0.717, 1.165) is 90.8 Å². The summed E-state index contributed by atoms with van der Waals surface area (Å²) in [7, 11) is 0. The van der Waals surface area contributed by atoms with Gasteiger partial charge in [-0.05, 0) is 74.0 Å². The molecule has 0 aromatic carbocycles. The summed E-state index contributed by atoms with van der Waals surface area (Å²) in [4.78, 5) is 30.1. The Kier molecular flexibility index (Phi) is 58.4. The van der Waals surface area contributed by atoms with Crippen LogP contribution in [-0.4, -0.2) is 47.3 Å². The van der Waals surface area contributed by atoms with Gasteiger partial charge in [0.05, 0.1) is 0 Å². The van der Waals surface area contributed by atoms with Crippen molar-refractivity contribution in [1.29, 1.82) is 0 Å². The molecule has 0 unspecified atom stereocenters. The summed E-state index contributed by atoms with van der Waals surface area (Å²) in [6.07, 6.45) is 12.8. The fourth-order valence-electron chi connectivity index (χ4n) is 5.88. The molecule has 0 bridgehead atoms. The minimum Gasteiger partial charge on any atom is -1.00 e. The molecule has 0 saturated carbocycles. The molecule has 10 heteroatoms. The molecular formula is C46H94Al2ClNdO6. The van der Waals surface area contributed by atoms with Crippen LogP contribution in [0.1, 0.15) is 214 Å². The van der Waals surface area contributed by atoms with Gasteiger partial charge in [-0.2, -0.15) is 0 Å². The van der Waals surface area contributed by atoms with Gasteiger partial charge in [-0.3, -0.25) is 0 Å². The summed E-state index contributed by atoms with van der Waals surface area (Å²) in [6.45, 7) is 38.6. The van der Waals surface area contributed by atoms with Crippen LogP contribution in [0.3, 0.4) is 0 Å². The van der Waals surface area contributed by atoms with Crippen molar-refractivity contribution in [3.8, 4) is 0 Å². The molecule has 0 N–H and O–H groups in total. The summed E-state index contributed by atoms with van der Waals surface area (Å²) in [5.41, 5.74) is 1.13. The van der Waals surface area contributed by atoms with Gasteiger partial charge in [0.25, 0.3) is 14.1 Å². The van der Waals surface area contributed by atoms with Crippen molar-refractivity contribution in [2.75, 3.05) is 0 Å². The predicted octanol–water partition coefficient (Wildman–Crippen LogP) is 8.22. The Balaban J connectivity index is -0.000000109. The molecule has 1 radical (unpaired) electrons. The number of hydrogen-bond donors (Lipinski definition) is 0. The number of aliphatic carboxylic acids is 3. The fraction of sp³-hybridized carbons (Fsp3) is 0.935. The molecule has 56 heavy (non-hydrogen) atoms. The molecule has 6 nitrogen and oxygen atoms in total. The van der Waals surface area contributed by atoms with E-state index in [-0.39, 0.29) is 72.5 Å². The summed E-state index contributed by atoms with van der Waals surface area (Å²) in [5.74, 6) is -0.000207. The van der Waals surface area contributed by atoms with Gasteiger partial charge in [-0.1, -0.05) is 176 Å². The molecule has 0 rings (SSSR count). The SMILES string of the molecule is CC(C)(C)CCCCCC(=O)[O-].CC(C)(C)CCCCCC(=O)[O-].CC(C)(C)CCCCCC(=O)[O-].CC(C)[CH2][Al]([CH2]C(C)C)[CH2]C(C)C.C[CH2][Al+][CH2]C.[Cl-].[Nd+3]. The third-order valence-corrected chi connectivity index (χ3v) is 14.4. The molecule has 0 aliphatic heterocycles. The number of carbonyl (C=O) groups excluding carboxylic acids is 3. The maximum Gasteiger partial charge on any atom is 3.00 e. The Labute approximate surface area is 400 Å². The van der Waals surface area contributed by atoms with Crippen LogP contribution in [0.4, 0.5) is 0 Å². The second kappa shape index (κ2) is 45.6. The average molecular weight is 977 g/mol. The normalized spacial score (nSPS) is 10.8. The van der Waals surface area contributed by atoms with E-state index in [4.69, 9.17) is 0 Å². The summed E-state index contributed by atoms with van der Waals surface area (Å²) >= 11 is 0.407. The van der Waals surface area contributed by atoms with Crippen LogP contribution in [0, 0.1) is 74.8 Å². The second-order valence-electron chi connectivity index (χ2n) is 20.3. The summed E-state index contributed by atoms with van der Waals surface area (Å²) in [5, 5.41) is 37.7. The topological polar surface area (TPSA) is 120 Å². The fourth-order valence-corrected chi connectivity index (χ4v) is 11.0. The standard InChI is InChI=1S/3C10H20O2.3C4H9.2C2H5.2Al.ClH.Nd/c3*1-10(2,3)8-6-4-5-7-9(11)12;3*1-4(2)3;2*1-2;;;;/h3*4-8H2,1-3H3,(H,11,12);3*4H,1H2,2-3H3;2*1H2,2H3;;;1H;/q;;;;;;;;;+1;;+3/p-4. The first-order chi connectivity index (χ1) is 24.6. The Hall–Kier alpha value is 1.12. The number of carboxylic acid groups (broad SMARTS) is 3. The van der Waals surface area contributed by atoms with Gasteiger partial charge in [-0.25, -0.2) is 0 Å². The van der Waals surface area contributed by atoms with Crippen LogP contribution in [0.2, 0.25) is 26.4 Å². The van der Waals surface area contributed by atoms with E-state index < -0.39 is 32.1 Å². The molecule has 0 atom stereocenters. The first kappa shape index (κ1) is 71.6. The van der Waals surface area contributed by atoms with Gasteiger partial charge in [-0.15, -0.1) is 0 Å². The van der Waals surface area contributed by atoms with Crippen molar-refractivity contribution in [3.05, 3.63) is 0 Å². The van der Waals surface area contributed by atoms with Crippen molar-refractivity contribution < 1.29 is 82.9 Å². The van der Waals surface area contributed by atoms with Gasteiger partial charge in [0.1, 0.15) is 0 Å². The van der Waals surface area contributed by atoms with Crippen molar-refractivity contribution in [1.82, 2.24) is 0 Å². The molecule has 0 spiro atoms. The largest absolute Gasteiger partial charge is 3.00 e. The van der Waals surface area contributed by atoms with Crippen LogP contribution >= 0.6 is 0 Å². The average Bonchev–Trinajstić information content (AvgIpc) is 2.95. The van der Waals surface area contributed by atoms with E-state index in [1.807, 2.05) is 0 Å². The van der Waals surface area contributed by atoms with Crippen LogP contribution in [0.15, 0.2) is 0 Å². The first-order valence-electron chi connectivity index (χ1n) is 22.0. The molecule has 0 saturated heterocycles. The minimum absolute atomic E-state index is 0. The smallest absolute Gasteiger partial charge is 1.00 e. The number of hydrogen-bond acceptors (Lipinski definition) is 6. The summed E-state index contributed by atoms with van der Waals surface area (Å²) < 4.78 is 0. The minimum atomic E-state index is -0.925. The van der Waals surface area contributed by atoms with Crippen LogP contribution in [0.5, 0.6) is 0 Å². The van der Waals surface area contributed by atoms with Crippen LogP contribution in [0.25, 0.3) is 0 Å². The number of carbonyl (C=O) groups is 3. The van der Waals surface area contributed by atoms with E-state index in [1.54, 1.807) is 15.8 Å². The molecule has 0 aliphatic carbocycles. The van der Waals surface area contributed by atoms with Crippen LogP contribution < -0.4 is 27.7 Å². The van der Waals surface area contributed by atoms with Gasteiger partial charge in [0, 0.05) is 17.9 Å². The van der Waals surface area contributed by atoms with Gasteiger partial charge < -0.3 is 42.1 Å². The third kappa shape index (κ3) is 91.0. The first-order valence-corrected chi connectivity index (χ1v) is 26.1. The maximum atomic E-state index is 10.0. The Morgan fingerprint density at radius 3 is 0.804 bits per heavy atom. The monoisotopic (exact) mass is 974 g/mol. The molecule has 0 aromatic rings. The molecule has 0 amide bonds. The summed E-state index contributed by atoms with van der Waals surface area (Å²) in [6, 6.07) is 0. The van der Waals surface area contributed by atoms with E-state index in [0.29, 0.717) is 16.2 Å². The predicted molar refractivity (Wildman–Crippen MR) is 234 cm³/mol. The zero-order valence-electron chi connectivity index (χ0n) is 40.4. The van der Waals surface area contributed by atoms with E-state index in [9.17, 15) is 29.7 Å². The zero-order chi connectivity index (χ0) is 43.4.